The molecule has 0 unspecified atom stereocenters. The summed E-state index contributed by atoms with van der Waals surface area (Å²) in [7, 11) is 0. The summed E-state index contributed by atoms with van der Waals surface area (Å²) in [5, 5.41) is 14.0. The van der Waals surface area contributed by atoms with E-state index in [1.54, 1.807) is 0 Å². The number of benzene rings is 18. The van der Waals surface area contributed by atoms with Crippen LogP contribution in [0.3, 0.4) is 0 Å². The number of furan rings is 2. The molecule has 618 valence electrons. The van der Waals surface area contributed by atoms with Crippen molar-refractivity contribution in [2.24, 2.45) is 0 Å². The normalized spacial score (nSPS) is 11.6. The minimum Gasteiger partial charge on any atom is -0.455 e. The van der Waals surface area contributed by atoms with Crippen LogP contribution < -0.4 is 0 Å². The Kier molecular flexibility index (Phi) is 18.8. The van der Waals surface area contributed by atoms with Crippen LogP contribution in [0.25, 0.3) is 248 Å². The molecular weight excluding hydrogens is 1630 g/mol. The highest BCUT2D eigenvalue weighted by atomic mass is 32.1. The molecule has 9 heterocycles. The molecule has 0 radical (unpaired) electrons. The molecule has 9 aromatic heterocycles. The molecule has 0 aliphatic rings. The van der Waals surface area contributed by atoms with E-state index in [0.29, 0.717) is 17.5 Å². The lowest BCUT2D eigenvalue weighted by Crippen LogP contribution is -2.06. The molecule has 0 bridgehead atoms. The van der Waals surface area contributed by atoms with E-state index >= 15 is 0 Å². The molecule has 132 heavy (non-hydrogen) atoms. The second kappa shape index (κ2) is 32.4. The van der Waals surface area contributed by atoms with Crippen molar-refractivity contribution in [3.05, 3.63) is 455 Å². The first-order valence-electron chi connectivity index (χ1n) is 44.3. The van der Waals surface area contributed by atoms with E-state index in [9.17, 15) is 0 Å². The van der Waals surface area contributed by atoms with Gasteiger partial charge >= 0.3 is 0 Å². The molecule has 0 amide bonds. The molecule has 0 aliphatic carbocycles. The maximum atomic E-state index is 6.68. The lowest BCUT2D eigenvalue weighted by atomic mass is 10.0. The maximum Gasteiger partial charge on any atom is 0.160 e. The van der Waals surface area contributed by atoms with Gasteiger partial charge in [-0.2, -0.15) is 0 Å². The van der Waals surface area contributed by atoms with E-state index in [0.717, 1.165) is 200 Å². The highest BCUT2D eigenvalue weighted by Crippen LogP contribution is 2.51. The van der Waals surface area contributed by atoms with Crippen LogP contribution in [0, 0.1) is 0 Å². The van der Waals surface area contributed by atoms with Crippen molar-refractivity contribution >= 4 is 141 Å². The van der Waals surface area contributed by atoms with Gasteiger partial charge < -0.3 is 22.5 Å². The smallest absolute Gasteiger partial charge is 0.160 e. The minimum atomic E-state index is 0.682. The first-order valence-corrected chi connectivity index (χ1v) is 45.1. The van der Waals surface area contributed by atoms with Crippen LogP contribution in [-0.2, 0) is 0 Å². The van der Waals surface area contributed by atoms with Gasteiger partial charge in [-0.15, -0.1) is 11.3 Å². The van der Waals surface area contributed by atoms with Crippen molar-refractivity contribution in [3.8, 4) is 119 Å². The van der Waals surface area contributed by atoms with E-state index in [4.69, 9.17) is 38.7 Å². The minimum absolute atomic E-state index is 0.682. The summed E-state index contributed by atoms with van der Waals surface area (Å²) in [5.74, 6) is 2.08. The fraction of sp³-hybridized carbons (Fsp3) is 0. The van der Waals surface area contributed by atoms with Gasteiger partial charge in [-0.25, -0.2) is 29.9 Å². The molecule has 0 saturated heterocycles. The van der Waals surface area contributed by atoms with Crippen LogP contribution in [0.5, 0.6) is 0 Å². The van der Waals surface area contributed by atoms with Gasteiger partial charge in [0.2, 0.25) is 0 Å². The average molecular weight is 1710 g/mol. The van der Waals surface area contributed by atoms with E-state index in [2.05, 4.69) is 366 Å². The molecule has 0 fully saturated rings. The van der Waals surface area contributed by atoms with Crippen molar-refractivity contribution in [1.29, 1.82) is 0 Å². The second-order valence-electron chi connectivity index (χ2n) is 32.9. The first kappa shape index (κ1) is 76.8. The number of hydrogen-bond acceptors (Lipinski definition) is 9. The summed E-state index contributed by atoms with van der Waals surface area (Å²) >= 11 is 1.87. The second-order valence-corrected chi connectivity index (χ2v) is 34.0. The van der Waals surface area contributed by atoms with Gasteiger partial charge in [-0.3, -0.25) is 0 Å². The number of para-hydroxylation sites is 5. The number of rotatable bonds is 12. The SMILES string of the molecule is c1ccc(-c2nc(-c3ccccc3)c(-n3c4ccccc4c4c5oc6ccccc6c5ccc43)c(-c3ccccc3)n2)cc1.c1ccc(-c2nc(-c3ccccc3)c(-n3c4ccccc4c4c5sc6ccccc6c5ccc43)c(-c3ccccc3)n2)cc1.c1ccc(-c2nc(-c3ccccc3)c(-n3c4ccccc4c4ccc5c6ccccc6oc5c43)c(-c3ccccc3)n2)cc1. The van der Waals surface area contributed by atoms with E-state index in [-0.39, 0.29) is 0 Å². The summed E-state index contributed by atoms with van der Waals surface area (Å²) < 4.78 is 22.9. The Morgan fingerprint density at radius 2 is 0.455 bits per heavy atom. The standard InChI is InChI=1S/2C40H25N3O.C40H25N3S/c1-4-14-26(15-5-1)36-38(37(27-16-6-2-7-17-27)42-40(41-36)28-18-8-3-9-19-28)43-32-22-12-10-21-31(32)35-33(43)25-24-30-29-20-11-13-23-34(29)44-39(30)35;1-4-14-26(15-5-1)35-38(36(27-16-6-2-7-17-27)42-40(41-35)28-18-8-3-9-19-28)43-33-22-12-10-20-29(33)31-24-25-32-30-21-11-13-23-34(30)44-39(32)37(31)43;1-4-14-26(15-5-1)36-38(37(27-16-6-2-7-17-27)42-40(41-36)28-18-8-3-9-19-28)43-32-22-12-10-21-31(32)35-33(43)25-24-30-29-20-11-13-23-34(29)44-39(30)35/h3*1-25H. The third-order valence-electron chi connectivity index (χ3n) is 25.2. The van der Waals surface area contributed by atoms with Crippen molar-refractivity contribution < 1.29 is 8.83 Å². The van der Waals surface area contributed by atoms with E-state index in [1.165, 1.54) is 30.9 Å². The van der Waals surface area contributed by atoms with Crippen LogP contribution in [0.4, 0.5) is 0 Å². The molecule has 0 atom stereocenters. The topological polar surface area (TPSA) is 118 Å². The molecule has 0 spiro atoms. The zero-order valence-corrected chi connectivity index (χ0v) is 71.9. The van der Waals surface area contributed by atoms with Gasteiger partial charge in [-0.05, 0) is 60.7 Å². The Labute approximate surface area is 761 Å². The van der Waals surface area contributed by atoms with Crippen LogP contribution >= 0.6 is 11.3 Å². The van der Waals surface area contributed by atoms with Crippen molar-refractivity contribution in [2.45, 2.75) is 0 Å². The quantitative estimate of drug-likeness (QED) is 0.119. The Morgan fingerprint density at radius 3 is 0.856 bits per heavy atom. The summed E-state index contributed by atoms with van der Waals surface area (Å²) in [5.41, 5.74) is 27.2. The van der Waals surface area contributed by atoms with Gasteiger partial charge in [0, 0.05) is 119 Å². The number of nitrogens with zero attached hydrogens (tertiary/aromatic N) is 9. The van der Waals surface area contributed by atoms with Crippen LogP contribution in [-0.4, -0.2) is 43.6 Å². The zero-order valence-electron chi connectivity index (χ0n) is 71.1. The van der Waals surface area contributed by atoms with E-state index in [1.807, 2.05) is 114 Å². The van der Waals surface area contributed by atoms with Gasteiger partial charge in [0.05, 0.1) is 89.7 Å². The molecule has 12 heteroatoms. The fourth-order valence-corrected chi connectivity index (χ4v) is 20.6. The number of hydrogen-bond donors (Lipinski definition) is 0. The van der Waals surface area contributed by atoms with Crippen molar-refractivity contribution in [3.63, 3.8) is 0 Å². The zero-order chi connectivity index (χ0) is 87.1. The predicted octanol–water partition coefficient (Wildman–Crippen LogP) is 31.9. The Hall–Kier alpha value is -17.6. The lowest BCUT2D eigenvalue weighted by molar-refractivity contribution is 0.671. The predicted molar refractivity (Wildman–Crippen MR) is 545 cm³/mol. The number of aromatic nitrogens is 9. The fourth-order valence-electron chi connectivity index (χ4n) is 19.3. The lowest BCUT2D eigenvalue weighted by Gasteiger charge is -2.19. The highest BCUT2D eigenvalue weighted by molar-refractivity contribution is 7.26. The van der Waals surface area contributed by atoms with Crippen LogP contribution in [0.15, 0.2) is 464 Å². The van der Waals surface area contributed by atoms with Gasteiger partial charge in [0.15, 0.2) is 23.1 Å². The van der Waals surface area contributed by atoms with Crippen LogP contribution in [0.1, 0.15) is 0 Å². The van der Waals surface area contributed by atoms with Gasteiger partial charge in [-0.1, -0.05) is 394 Å². The van der Waals surface area contributed by atoms with Crippen molar-refractivity contribution in [2.75, 3.05) is 0 Å². The Balaban J connectivity index is 0.000000106. The van der Waals surface area contributed by atoms with Crippen LogP contribution in [0.2, 0.25) is 0 Å². The third-order valence-corrected chi connectivity index (χ3v) is 26.4. The molecule has 18 aromatic carbocycles. The van der Waals surface area contributed by atoms with Gasteiger partial charge in [0.25, 0.3) is 0 Å². The highest BCUT2D eigenvalue weighted by Gasteiger charge is 2.31. The molecule has 0 N–H and O–H groups in total. The summed E-state index contributed by atoms with van der Waals surface area (Å²) in [4.78, 5) is 32.0. The Bertz CT molecular complexity index is 8570. The molecular formula is C120H75N9O2S. The van der Waals surface area contributed by atoms with E-state index < -0.39 is 0 Å². The number of thiophene rings is 1. The summed E-state index contributed by atoms with van der Waals surface area (Å²) in [6, 6.07) is 158. The summed E-state index contributed by atoms with van der Waals surface area (Å²) in [6.07, 6.45) is 0. The van der Waals surface area contributed by atoms with Crippen molar-refractivity contribution in [1.82, 2.24) is 43.6 Å². The monoisotopic (exact) mass is 1710 g/mol. The molecule has 0 saturated carbocycles. The largest absolute Gasteiger partial charge is 0.455 e. The molecule has 27 aromatic rings. The number of fused-ring (bicyclic) bond motifs is 21. The first-order chi connectivity index (χ1) is 65.5. The molecule has 27 rings (SSSR count). The summed E-state index contributed by atoms with van der Waals surface area (Å²) in [6.45, 7) is 0. The van der Waals surface area contributed by atoms with Gasteiger partial charge in [0.1, 0.15) is 16.7 Å². The maximum absolute atomic E-state index is 6.68. The Morgan fingerprint density at radius 1 is 0.182 bits per heavy atom. The molecule has 0 aliphatic heterocycles. The average Bonchev–Trinajstić information content (AvgIpc) is 1.56. The molecule has 11 nitrogen and oxygen atoms in total. The third kappa shape index (κ3) is 13.0.